The van der Waals surface area contributed by atoms with Crippen LogP contribution in [0.3, 0.4) is 0 Å². The maximum Gasteiger partial charge on any atom is 0.257 e. The summed E-state index contributed by atoms with van der Waals surface area (Å²) in [4.78, 5) is 14.7. The van der Waals surface area contributed by atoms with E-state index in [9.17, 15) is 4.79 Å². The summed E-state index contributed by atoms with van der Waals surface area (Å²) in [5, 5.41) is 4.25. The Kier molecular flexibility index (Phi) is 3.35. The van der Waals surface area contributed by atoms with Crippen LogP contribution in [0.4, 0.5) is 0 Å². The Balaban J connectivity index is 1.61. The number of amides is 1. The molecule has 116 valence electrons. The molecule has 2 atom stereocenters. The molecule has 0 saturated carbocycles. The molecule has 1 saturated heterocycles. The molecule has 2 unspecified atom stereocenters. The average Bonchev–Trinajstić information content (AvgIpc) is 3.19. The first-order valence-electron chi connectivity index (χ1n) is 7.76. The number of aromatic nitrogens is 2. The first-order chi connectivity index (χ1) is 11.2. The molecule has 3 heterocycles. The number of hydrogen-bond acceptors (Lipinski definition) is 3. The summed E-state index contributed by atoms with van der Waals surface area (Å²) in [7, 11) is 0. The largest absolute Gasteiger partial charge is 0.336 e. The zero-order valence-electron chi connectivity index (χ0n) is 12.7. The molecule has 1 aliphatic rings. The lowest BCUT2D eigenvalue weighted by molar-refractivity contribution is 0.0791. The van der Waals surface area contributed by atoms with Gasteiger partial charge in [-0.25, -0.2) is 4.52 Å². The Bertz CT molecular complexity index is 842. The molecule has 23 heavy (non-hydrogen) atoms. The van der Waals surface area contributed by atoms with Gasteiger partial charge in [-0.05, 0) is 17.7 Å². The van der Waals surface area contributed by atoms with Gasteiger partial charge in [0.1, 0.15) is 0 Å². The molecule has 1 amide bonds. The number of benzene rings is 1. The highest BCUT2D eigenvalue weighted by molar-refractivity contribution is 6.00. The number of carbonyl (C=O) groups excluding carboxylic acids is 1. The van der Waals surface area contributed by atoms with Gasteiger partial charge in [0.25, 0.3) is 5.91 Å². The van der Waals surface area contributed by atoms with Crippen molar-refractivity contribution < 1.29 is 4.79 Å². The fraction of sp³-hybridized carbons (Fsp3) is 0.222. The molecule has 1 fully saturated rings. The van der Waals surface area contributed by atoms with E-state index in [4.69, 9.17) is 5.73 Å². The predicted octanol–water partition coefficient (Wildman–Crippen LogP) is 1.90. The van der Waals surface area contributed by atoms with Crippen LogP contribution in [0.15, 0.2) is 60.9 Å². The average molecular weight is 306 g/mol. The monoisotopic (exact) mass is 306 g/mol. The molecule has 5 heteroatoms. The molecule has 1 aromatic carbocycles. The summed E-state index contributed by atoms with van der Waals surface area (Å²) in [5.74, 6) is 0.182. The Morgan fingerprint density at radius 1 is 1.09 bits per heavy atom. The summed E-state index contributed by atoms with van der Waals surface area (Å²) in [6.45, 7) is 1.22. The molecular formula is C18H18N4O. The summed E-state index contributed by atoms with van der Waals surface area (Å²) < 4.78 is 1.72. The minimum Gasteiger partial charge on any atom is -0.336 e. The van der Waals surface area contributed by atoms with Crippen molar-refractivity contribution in [2.45, 2.75) is 12.0 Å². The van der Waals surface area contributed by atoms with Crippen LogP contribution in [0.25, 0.3) is 5.52 Å². The first kappa shape index (κ1) is 14.0. The molecule has 0 bridgehead atoms. The van der Waals surface area contributed by atoms with Crippen molar-refractivity contribution in [2.24, 2.45) is 5.73 Å². The number of likely N-dealkylation sites (tertiary alicyclic amines) is 1. The van der Waals surface area contributed by atoms with Gasteiger partial charge in [-0.3, -0.25) is 4.79 Å². The van der Waals surface area contributed by atoms with Crippen molar-refractivity contribution in [2.75, 3.05) is 13.1 Å². The van der Waals surface area contributed by atoms with E-state index in [-0.39, 0.29) is 17.9 Å². The second-order valence-corrected chi connectivity index (χ2v) is 5.98. The lowest BCUT2D eigenvalue weighted by Crippen LogP contribution is -2.32. The number of hydrogen-bond donors (Lipinski definition) is 1. The molecule has 0 spiro atoms. The molecule has 0 aliphatic carbocycles. The summed E-state index contributed by atoms with van der Waals surface area (Å²) >= 11 is 0. The molecule has 2 aromatic heterocycles. The highest BCUT2D eigenvalue weighted by Gasteiger charge is 2.34. The van der Waals surface area contributed by atoms with E-state index in [0.29, 0.717) is 18.7 Å². The number of fused-ring (bicyclic) bond motifs is 1. The van der Waals surface area contributed by atoms with Crippen LogP contribution in [0.2, 0.25) is 0 Å². The topological polar surface area (TPSA) is 63.6 Å². The Labute approximate surface area is 134 Å². The van der Waals surface area contributed by atoms with E-state index in [0.717, 1.165) is 5.52 Å². The van der Waals surface area contributed by atoms with Crippen LogP contribution in [0.1, 0.15) is 21.8 Å². The molecule has 4 rings (SSSR count). The van der Waals surface area contributed by atoms with Crippen LogP contribution < -0.4 is 5.73 Å². The smallest absolute Gasteiger partial charge is 0.257 e. The van der Waals surface area contributed by atoms with Crippen LogP contribution in [0, 0.1) is 0 Å². The maximum absolute atomic E-state index is 12.9. The standard InChI is InChI=1S/C18H18N4O/c19-16-12-21(11-15(16)13-6-2-1-3-7-13)18(23)14-10-20-22-9-5-4-8-17(14)22/h1-10,15-16H,11-12,19H2. The Morgan fingerprint density at radius 3 is 2.70 bits per heavy atom. The van der Waals surface area contributed by atoms with Gasteiger partial charge in [-0.1, -0.05) is 36.4 Å². The third-order valence-corrected chi connectivity index (χ3v) is 4.54. The van der Waals surface area contributed by atoms with Crippen molar-refractivity contribution in [3.8, 4) is 0 Å². The van der Waals surface area contributed by atoms with Crippen LogP contribution in [-0.4, -0.2) is 39.6 Å². The van der Waals surface area contributed by atoms with Gasteiger partial charge < -0.3 is 10.6 Å². The van der Waals surface area contributed by atoms with Crippen molar-refractivity contribution in [1.29, 1.82) is 0 Å². The number of nitrogens with two attached hydrogens (primary N) is 1. The number of carbonyl (C=O) groups is 1. The van der Waals surface area contributed by atoms with Crippen LogP contribution >= 0.6 is 0 Å². The van der Waals surface area contributed by atoms with Gasteiger partial charge in [-0.15, -0.1) is 0 Å². The second kappa shape index (κ2) is 5.52. The normalized spacial score (nSPS) is 21.0. The zero-order valence-corrected chi connectivity index (χ0v) is 12.7. The minimum absolute atomic E-state index is 0.0000751. The highest BCUT2D eigenvalue weighted by Crippen LogP contribution is 2.28. The first-order valence-corrected chi connectivity index (χ1v) is 7.76. The number of pyridine rings is 1. The van der Waals surface area contributed by atoms with Crippen molar-refractivity contribution in [3.05, 3.63) is 72.1 Å². The van der Waals surface area contributed by atoms with E-state index in [1.165, 1.54) is 5.56 Å². The molecule has 5 nitrogen and oxygen atoms in total. The molecule has 0 radical (unpaired) electrons. The quantitative estimate of drug-likeness (QED) is 0.786. The fourth-order valence-corrected chi connectivity index (χ4v) is 3.32. The van der Waals surface area contributed by atoms with Gasteiger partial charge in [0.2, 0.25) is 0 Å². The summed E-state index contributed by atoms with van der Waals surface area (Å²) in [5.41, 5.74) is 8.94. The minimum atomic E-state index is -0.0387. The van der Waals surface area contributed by atoms with Gasteiger partial charge in [0, 0.05) is 31.2 Å². The van der Waals surface area contributed by atoms with Gasteiger partial charge in [-0.2, -0.15) is 5.10 Å². The van der Waals surface area contributed by atoms with E-state index < -0.39 is 0 Å². The molecule has 1 aliphatic heterocycles. The van der Waals surface area contributed by atoms with E-state index in [1.807, 2.05) is 47.5 Å². The summed E-state index contributed by atoms with van der Waals surface area (Å²) in [6.07, 6.45) is 3.48. The van der Waals surface area contributed by atoms with Crippen LogP contribution in [-0.2, 0) is 0 Å². The third-order valence-electron chi connectivity index (χ3n) is 4.54. The van der Waals surface area contributed by atoms with Crippen molar-refractivity contribution in [3.63, 3.8) is 0 Å². The van der Waals surface area contributed by atoms with Crippen LogP contribution in [0.5, 0.6) is 0 Å². The SMILES string of the molecule is NC1CN(C(=O)c2cnn3ccccc23)CC1c1ccccc1. The van der Waals surface area contributed by atoms with Gasteiger partial charge >= 0.3 is 0 Å². The summed E-state index contributed by atoms with van der Waals surface area (Å²) in [6, 6.07) is 15.8. The van der Waals surface area contributed by atoms with E-state index >= 15 is 0 Å². The van der Waals surface area contributed by atoms with Crippen molar-refractivity contribution >= 4 is 11.4 Å². The fourth-order valence-electron chi connectivity index (χ4n) is 3.32. The van der Waals surface area contributed by atoms with Gasteiger partial charge in [0.15, 0.2) is 0 Å². The van der Waals surface area contributed by atoms with E-state index in [2.05, 4.69) is 17.2 Å². The molecule has 3 aromatic rings. The predicted molar refractivity (Wildman–Crippen MR) is 88.3 cm³/mol. The zero-order chi connectivity index (χ0) is 15.8. The second-order valence-electron chi connectivity index (χ2n) is 5.98. The maximum atomic E-state index is 12.9. The van der Waals surface area contributed by atoms with Crippen molar-refractivity contribution in [1.82, 2.24) is 14.5 Å². The molecule has 2 N–H and O–H groups in total. The Morgan fingerprint density at radius 2 is 1.87 bits per heavy atom. The van der Waals surface area contributed by atoms with E-state index in [1.54, 1.807) is 10.7 Å². The van der Waals surface area contributed by atoms with Gasteiger partial charge in [0.05, 0.1) is 17.3 Å². The lowest BCUT2D eigenvalue weighted by Gasteiger charge is -2.16. The molecular weight excluding hydrogens is 288 g/mol. The number of rotatable bonds is 2. The number of nitrogens with zero attached hydrogens (tertiary/aromatic N) is 3. The highest BCUT2D eigenvalue weighted by atomic mass is 16.2. The lowest BCUT2D eigenvalue weighted by atomic mass is 9.95. The Hall–Kier alpha value is -2.66. The third kappa shape index (κ3) is 2.39.